The van der Waals surface area contributed by atoms with Crippen LogP contribution in [0.2, 0.25) is 0 Å². The first kappa shape index (κ1) is 26.4. The van der Waals surface area contributed by atoms with E-state index in [2.05, 4.69) is 23.7 Å². The highest BCUT2D eigenvalue weighted by molar-refractivity contribution is 7.14. The van der Waals surface area contributed by atoms with E-state index in [-0.39, 0.29) is 12.2 Å². The second-order valence-electron chi connectivity index (χ2n) is 8.34. The number of aliphatic hydroxyl groups is 1. The number of amides is 2. The molecule has 10 heteroatoms. The average Bonchev–Trinajstić information content (AvgIpc) is 3.30. The third-order valence-electron chi connectivity index (χ3n) is 6.00. The molecule has 2 heterocycles. The van der Waals surface area contributed by atoms with Gasteiger partial charge in [0.1, 0.15) is 5.75 Å². The molecule has 35 heavy (non-hydrogen) atoms. The Bertz CT molecular complexity index is 1120. The lowest BCUT2D eigenvalue weighted by molar-refractivity contribution is -0.129. The van der Waals surface area contributed by atoms with Gasteiger partial charge < -0.3 is 25.4 Å². The van der Waals surface area contributed by atoms with Gasteiger partial charge >= 0.3 is 0 Å². The highest BCUT2D eigenvalue weighted by Crippen LogP contribution is 2.40. The fourth-order valence-corrected chi connectivity index (χ4v) is 5.11. The summed E-state index contributed by atoms with van der Waals surface area (Å²) in [6, 6.07) is 6.00. The normalized spacial score (nSPS) is 15.9. The summed E-state index contributed by atoms with van der Waals surface area (Å²) in [6.45, 7) is 10.4. The standard InChI is InChI=1S/C25H32N4O5S/c1-5-28(6-2)12-7-13-29-21(17-8-10-18(11-9-17)34-14-19(26)30)20(23(32)25(29)33)22(31)24-15(3)27-16(4)35-24/h8-11,21,32H,5-7,12-14H2,1-4H3,(H2,26,30). The van der Waals surface area contributed by atoms with Gasteiger partial charge in [0, 0.05) is 6.54 Å². The summed E-state index contributed by atoms with van der Waals surface area (Å²) in [5, 5.41) is 11.6. The number of ether oxygens (including phenoxy) is 1. The predicted octanol–water partition coefficient (Wildman–Crippen LogP) is 2.93. The van der Waals surface area contributed by atoms with E-state index >= 15 is 0 Å². The largest absolute Gasteiger partial charge is 0.503 e. The molecule has 1 atom stereocenters. The summed E-state index contributed by atoms with van der Waals surface area (Å²) in [6.07, 6.45) is 0.692. The summed E-state index contributed by atoms with van der Waals surface area (Å²) < 4.78 is 5.34. The first-order valence-corrected chi connectivity index (χ1v) is 12.5. The van der Waals surface area contributed by atoms with Crippen LogP contribution >= 0.6 is 11.3 Å². The maximum absolute atomic E-state index is 13.6. The Morgan fingerprint density at radius 2 is 1.86 bits per heavy atom. The Kier molecular flexibility index (Phi) is 8.63. The minimum atomic E-state index is -0.751. The number of nitrogens with zero attached hydrogens (tertiary/aromatic N) is 3. The van der Waals surface area contributed by atoms with Crippen LogP contribution in [-0.2, 0) is 9.59 Å². The molecule has 0 aliphatic carbocycles. The summed E-state index contributed by atoms with van der Waals surface area (Å²) in [5.41, 5.74) is 6.41. The van der Waals surface area contributed by atoms with Crippen LogP contribution in [-0.4, -0.2) is 70.3 Å². The summed E-state index contributed by atoms with van der Waals surface area (Å²) in [7, 11) is 0. The lowest BCUT2D eigenvalue weighted by atomic mass is 9.95. The van der Waals surface area contributed by atoms with E-state index in [4.69, 9.17) is 10.5 Å². The Labute approximate surface area is 209 Å². The predicted molar refractivity (Wildman–Crippen MR) is 134 cm³/mol. The molecular weight excluding hydrogens is 468 g/mol. The van der Waals surface area contributed by atoms with E-state index in [1.54, 1.807) is 36.1 Å². The van der Waals surface area contributed by atoms with Crippen LogP contribution in [0.4, 0.5) is 0 Å². The van der Waals surface area contributed by atoms with E-state index in [9.17, 15) is 19.5 Å². The van der Waals surface area contributed by atoms with Crippen LogP contribution in [0.3, 0.4) is 0 Å². The van der Waals surface area contributed by atoms with Crippen molar-refractivity contribution in [2.45, 2.75) is 40.2 Å². The molecule has 1 aromatic heterocycles. The molecule has 0 spiro atoms. The van der Waals surface area contributed by atoms with Gasteiger partial charge in [-0.15, -0.1) is 11.3 Å². The number of hydrogen-bond acceptors (Lipinski definition) is 8. The van der Waals surface area contributed by atoms with Crippen molar-refractivity contribution in [3.63, 3.8) is 0 Å². The van der Waals surface area contributed by atoms with Crippen LogP contribution in [0.1, 0.15) is 52.2 Å². The fraction of sp³-hybridized carbons (Fsp3) is 0.440. The number of aromatic nitrogens is 1. The third kappa shape index (κ3) is 5.88. The Morgan fingerprint density at radius 3 is 2.40 bits per heavy atom. The maximum atomic E-state index is 13.6. The number of ketones is 1. The quantitative estimate of drug-likeness (QED) is 0.429. The van der Waals surface area contributed by atoms with E-state index in [0.717, 1.165) is 24.6 Å². The number of carbonyl (C=O) groups excluding carboxylic acids is 3. The molecule has 1 aliphatic heterocycles. The van der Waals surface area contributed by atoms with Crippen LogP contribution in [0.25, 0.3) is 0 Å². The van der Waals surface area contributed by atoms with Gasteiger partial charge in [-0.05, 0) is 57.6 Å². The van der Waals surface area contributed by atoms with Crippen LogP contribution in [0.15, 0.2) is 35.6 Å². The van der Waals surface area contributed by atoms with E-state index in [1.807, 2.05) is 6.92 Å². The minimum Gasteiger partial charge on any atom is -0.503 e. The van der Waals surface area contributed by atoms with Gasteiger partial charge in [-0.3, -0.25) is 14.4 Å². The van der Waals surface area contributed by atoms with Crippen molar-refractivity contribution < 1.29 is 24.2 Å². The first-order chi connectivity index (χ1) is 16.7. The van der Waals surface area contributed by atoms with Gasteiger partial charge in [-0.1, -0.05) is 26.0 Å². The molecule has 1 aromatic carbocycles. The summed E-state index contributed by atoms with van der Waals surface area (Å²) >= 11 is 1.24. The molecule has 0 radical (unpaired) electrons. The SMILES string of the molecule is CCN(CC)CCCN1C(=O)C(O)=C(C(=O)c2sc(C)nc2C)C1c1ccc(OCC(N)=O)cc1. The highest BCUT2D eigenvalue weighted by Gasteiger charge is 2.44. The van der Waals surface area contributed by atoms with Gasteiger partial charge in [0.25, 0.3) is 11.8 Å². The van der Waals surface area contributed by atoms with Crippen LogP contribution < -0.4 is 10.5 Å². The molecule has 1 unspecified atom stereocenters. The monoisotopic (exact) mass is 500 g/mol. The van der Waals surface area contributed by atoms with Crippen molar-refractivity contribution >= 4 is 28.9 Å². The number of rotatable bonds is 12. The molecular formula is C25H32N4O5S. The Hall–Kier alpha value is -3.24. The second kappa shape index (κ2) is 11.5. The molecule has 2 aromatic rings. The molecule has 0 bridgehead atoms. The average molecular weight is 501 g/mol. The number of hydrogen-bond donors (Lipinski definition) is 2. The second-order valence-corrected chi connectivity index (χ2v) is 9.55. The van der Waals surface area contributed by atoms with E-state index in [1.165, 1.54) is 11.3 Å². The molecule has 0 saturated heterocycles. The number of benzene rings is 1. The molecule has 188 valence electrons. The minimum absolute atomic E-state index is 0.0513. The molecule has 0 fully saturated rings. The van der Waals surface area contributed by atoms with Crippen molar-refractivity contribution in [1.82, 2.24) is 14.8 Å². The molecule has 3 rings (SSSR count). The van der Waals surface area contributed by atoms with Crippen LogP contribution in [0, 0.1) is 13.8 Å². The van der Waals surface area contributed by atoms with Gasteiger partial charge in [-0.25, -0.2) is 4.98 Å². The summed E-state index contributed by atoms with van der Waals surface area (Å²) in [5.74, 6) is -1.65. The zero-order valence-corrected chi connectivity index (χ0v) is 21.4. The zero-order valence-electron chi connectivity index (χ0n) is 20.5. The number of aliphatic hydroxyl groups excluding tert-OH is 1. The lowest BCUT2D eigenvalue weighted by Gasteiger charge is -2.28. The van der Waals surface area contributed by atoms with Gasteiger partial charge in [-0.2, -0.15) is 0 Å². The van der Waals surface area contributed by atoms with Crippen molar-refractivity contribution in [3.8, 4) is 5.75 Å². The number of thiazole rings is 1. The van der Waals surface area contributed by atoms with E-state index in [0.29, 0.717) is 34.8 Å². The summed E-state index contributed by atoms with van der Waals surface area (Å²) in [4.78, 5) is 46.3. The molecule has 3 N–H and O–H groups in total. The third-order valence-corrected chi connectivity index (χ3v) is 7.07. The molecule has 2 amide bonds. The zero-order chi connectivity index (χ0) is 25.7. The van der Waals surface area contributed by atoms with Crippen molar-refractivity contribution in [1.29, 1.82) is 0 Å². The number of nitrogens with two attached hydrogens (primary N) is 1. The van der Waals surface area contributed by atoms with Crippen molar-refractivity contribution in [3.05, 3.63) is 56.7 Å². The first-order valence-electron chi connectivity index (χ1n) is 11.6. The van der Waals surface area contributed by atoms with Gasteiger partial charge in [0.05, 0.1) is 27.2 Å². The molecule has 0 saturated carbocycles. The van der Waals surface area contributed by atoms with Crippen LogP contribution in [0.5, 0.6) is 5.75 Å². The maximum Gasteiger partial charge on any atom is 0.290 e. The van der Waals surface area contributed by atoms with Crippen molar-refractivity contribution in [2.24, 2.45) is 5.73 Å². The smallest absolute Gasteiger partial charge is 0.290 e. The molecule has 1 aliphatic rings. The molecule has 9 nitrogen and oxygen atoms in total. The number of aryl methyl sites for hydroxylation is 2. The van der Waals surface area contributed by atoms with Gasteiger partial charge in [0.15, 0.2) is 12.4 Å². The number of Topliss-reactive ketones (excluding diaryl/α,β-unsaturated/α-hetero) is 1. The van der Waals surface area contributed by atoms with Crippen molar-refractivity contribution in [2.75, 3.05) is 32.8 Å². The topological polar surface area (TPSA) is 126 Å². The lowest BCUT2D eigenvalue weighted by Crippen LogP contribution is -2.34. The Balaban J connectivity index is 1.95. The number of primary amides is 1. The highest BCUT2D eigenvalue weighted by atomic mass is 32.1. The fourth-order valence-electron chi connectivity index (χ4n) is 4.23. The Morgan fingerprint density at radius 1 is 1.20 bits per heavy atom. The van der Waals surface area contributed by atoms with E-state index < -0.39 is 29.4 Å². The van der Waals surface area contributed by atoms with Gasteiger partial charge in [0.2, 0.25) is 5.78 Å². The number of carbonyl (C=O) groups is 3.